The van der Waals surface area contributed by atoms with Gasteiger partial charge in [0.05, 0.1) is 23.5 Å². The van der Waals surface area contributed by atoms with Crippen molar-refractivity contribution in [2.75, 3.05) is 23.3 Å². The first-order chi connectivity index (χ1) is 16.1. The maximum atomic E-state index is 13.7. The van der Waals surface area contributed by atoms with Gasteiger partial charge in [-0.15, -0.1) is 0 Å². The molecule has 1 atom stereocenters. The number of benzene rings is 2. The number of nitrogens with one attached hydrogen (secondary N) is 2. The molecule has 0 aliphatic carbocycles. The topological polar surface area (TPSA) is 98.8 Å². The Morgan fingerprint density at radius 1 is 1.03 bits per heavy atom. The van der Waals surface area contributed by atoms with E-state index < -0.39 is 47.2 Å². The zero-order valence-electron chi connectivity index (χ0n) is 18.2. The molecule has 34 heavy (non-hydrogen) atoms. The van der Waals surface area contributed by atoms with E-state index in [1.807, 2.05) is 0 Å². The number of halogens is 3. The minimum atomic E-state index is -1.72. The second-order valence-corrected chi connectivity index (χ2v) is 8.22. The molecule has 0 saturated carbocycles. The van der Waals surface area contributed by atoms with Gasteiger partial charge in [-0.3, -0.25) is 24.1 Å². The second kappa shape index (κ2) is 8.81. The van der Waals surface area contributed by atoms with Gasteiger partial charge in [0.2, 0.25) is 17.7 Å². The van der Waals surface area contributed by atoms with Crippen LogP contribution in [-0.2, 0) is 14.4 Å². The molecule has 11 heteroatoms. The summed E-state index contributed by atoms with van der Waals surface area (Å²) in [6.07, 6.45) is 0.523. The van der Waals surface area contributed by atoms with Gasteiger partial charge in [-0.1, -0.05) is 12.1 Å². The number of fused-ring (bicyclic) bond motifs is 3. The molecule has 1 saturated heterocycles. The van der Waals surface area contributed by atoms with Gasteiger partial charge in [0.15, 0.2) is 17.5 Å². The van der Waals surface area contributed by atoms with Gasteiger partial charge in [0.1, 0.15) is 5.66 Å². The van der Waals surface area contributed by atoms with E-state index in [4.69, 9.17) is 0 Å². The fourth-order valence-electron chi connectivity index (χ4n) is 4.34. The first-order valence-corrected chi connectivity index (χ1v) is 10.6. The average Bonchev–Trinajstić information content (AvgIpc) is 3.13. The van der Waals surface area contributed by atoms with E-state index in [2.05, 4.69) is 10.6 Å². The molecular weight excluding hydrogens is 453 g/mol. The summed E-state index contributed by atoms with van der Waals surface area (Å²) < 4.78 is 40.0. The molecular formula is C23H21F3N4O4. The van der Waals surface area contributed by atoms with Crippen LogP contribution >= 0.6 is 0 Å². The Hall–Kier alpha value is -3.89. The number of carbonyl (C=O) groups is 4. The molecule has 178 valence electrons. The van der Waals surface area contributed by atoms with Gasteiger partial charge in [-0.25, -0.2) is 13.2 Å². The standard InChI is InChI=1S/C23H21F3N4O4/c1-23-10-8-19(33)30(23)16-5-3-2-4-13(16)22(34)29(23)11-9-17(31)27-12-18(32)28-15-7-6-14(24)20(25)21(15)26/h2-7H,8-12H2,1H3,(H,27,31)(H,28,32). The van der Waals surface area contributed by atoms with Crippen LogP contribution in [0.3, 0.4) is 0 Å². The SMILES string of the molecule is CC12CCC(=O)N1c1ccccc1C(=O)N2CCC(=O)NCC(=O)Nc1ccc(F)c(F)c1F. The smallest absolute Gasteiger partial charge is 0.257 e. The van der Waals surface area contributed by atoms with Crippen LogP contribution in [0.5, 0.6) is 0 Å². The van der Waals surface area contributed by atoms with E-state index >= 15 is 0 Å². The predicted octanol–water partition coefficient (Wildman–Crippen LogP) is 2.55. The lowest BCUT2D eigenvalue weighted by atomic mass is 9.98. The lowest BCUT2D eigenvalue weighted by Gasteiger charge is -2.48. The van der Waals surface area contributed by atoms with Crippen LogP contribution in [0.1, 0.15) is 36.5 Å². The van der Waals surface area contributed by atoms with Crippen molar-refractivity contribution in [3.05, 3.63) is 59.4 Å². The van der Waals surface area contributed by atoms with Crippen LogP contribution in [0.15, 0.2) is 36.4 Å². The summed E-state index contributed by atoms with van der Waals surface area (Å²) in [5.74, 6) is -6.49. The lowest BCUT2D eigenvalue weighted by molar-refractivity contribution is -0.124. The fourth-order valence-corrected chi connectivity index (χ4v) is 4.34. The van der Waals surface area contributed by atoms with Crippen LogP contribution in [0.2, 0.25) is 0 Å². The number of amides is 4. The zero-order valence-corrected chi connectivity index (χ0v) is 18.2. The molecule has 2 aromatic rings. The molecule has 0 aromatic heterocycles. The molecule has 0 spiro atoms. The summed E-state index contributed by atoms with van der Waals surface area (Å²) in [5, 5.41) is 4.40. The average molecular weight is 474 g/mol. The van der Waals surface area contributed by atoms with E-state index in [-0.39, 0.29) is 31.2 Å². The van der Waals surface area contributed by atoms with E-state index in [9.17, 15) is 32.3 Å². The Labute approximate surface area is 192 Å². The molecule has 0 radical (unpaired) electrons. The summed E-state index contributed by atoms with van der Waals surface area (Å²) in [4.78, 5) is 53.1. The van der Waals surface area contributed by atoms with Gasteiger partial charge in [0.25, 0.3) is 5.91 Å². The van der Waals surface area contributed by atoms with Gasteiger partial charge in [-0.05, 0) is 37.6 Å². The Morgan fingerprint density at radius 2 is 1.76 bits per heavy atom. The Bertz CT molecular complexity index is 1200. The van der Waals surface area contributed by atoms with Crippen molar-refractivity contribution in [2.24, 2.45) is 0 Å². The van der Waals surface area contributed by atoms with Crippen molar-refractivity contribution in [1.29, 1.82) is 0 Å². The van der Waals surface area contributed by atoms with E-state index in [1.165, 1.54) is 4.90 Å². The lowest BCUT2D eigenvalue weighted by Crippen LogP contribution is -2.62. The molecule has 4 amide bonds. The molecule has 8 nitrogen and oxygen atoms in total. The van der Waals surface area contributed by atoms with Crippen molar-refractivity contribution in [3.8, 4) is 0 Å². The largest absolute Gasteiger partial charge is 0.347 e. The van der Waals surface area contributed by atoms with Crippen molar-refractivity contribution in [3.63, 3.8) is 0 Å². The molecule has 2 aliphatic rings. The number of carbonyl (C=O) groups excluding carboxylic acids is 4. The van der Waals surface area contributed by atoms with Crippen LogP contribution in [0, 0.1) is 17.5 Å². The first kappa shape index (κ1) is 23.3. The van der Waals surface area contributed by atoms with Crippen molar-refractivity contribution < 1.29 is 32.3 Å². The van der Waals surface area contributed by atoms with Crippen molar-refractivity contribution in [1.82, 2.24) is 10.2 Å². The fraction of sp³-hybridized carbons (Fsp3) is 0.304. The summed E-state index contributed by atoms with van der Waals surface area (Å²) in [6.45, 7) is 1.22. The molecule has 2 N–H and O–H groups in total. The molecule has 1 unspecified atom stereocenters. The third-order valence-electron chi connectivity index (χ3n) is 6.06. The highest BCUT2D eigenvalue weighted by Crippen LogP contribution is 2.43. The highest BCUT2D eigenvalue weighted by Gasteiger charge is 2.52. The van der Waals surface area contributed by atoms with Crippen LogP contribution in [0.4, 0.5) is 24.5 Å². The van der Waals surface area contributed by atoms with Gasteiger partial charge >= 0.3 is 0 Å². The second-order valence-electron chi connectivity index (χ2n) is 8.22. The Morgan fingerprint density at radius 3 is 2.53 bits per heavy atom. The molecule has 4 rings (SSSR count). The van der Waals surface area contributed by atoms with E-state index in [0.717, 1.165) is 6.07 Å². The highest BCUT2D eigenvalue weighted by molar-refractivity contribution is 6.10. The van der Waals surface area contributed by atoms with Crippen LogP contribution in [-0.4, -0.2) is 47.3 Å². The maximum Gasteiger partial charge on any atom is 0.257 e. The summed E-state index contributed by atoms with van der Waals surface area (Å²) >= 11 is 0. The Kier molecular flexibility index (Phi) is 6.03. The number of hydrogen-bond donors (Lipinski definition) is 2. The number of anilines is 2. The van der Waals surface area contributed by atoms with E-state index in [1.54, 1.807) is 36.1 Å². The van der Waals surface area contributed by atoms with Gasteiger partial charge in [0, 0.05) is 19.4 Å². The third-order valence-corrected chi connectivity index (χ3v) is 6.06. The summed E-state index contributed by atoms with van der Waals surface area (Å²) in [6, 6.07) is 8.31. The molecule has 2 aliphatic heterocycles. The first-order valence-electron chi connectivity index (χ1n) is 10.6. The van der Waals surface area contributed by atoms with E-state index in [0.29, 0.717) is 23.7 Å². The molecule has 1 fully saturated rings. The number of nitrogens with zero attached hydrogens (tertiary/aromatic N) is 2. The summed E-state index contributed by atoms with van der Waals surface area (Å²) in [7, 11) is 0. The molecule has 2 aromatic carbocycles. The predicted molar refractivity (Wildman–Crippen MR) is 115 cm³/mol. The summed E-state index contributed by atoms with van der Waals surface area (Å²) in [5.41, 5.74) is -0.567. The Balaban J connectivity index is 1.37. The quantitative estimate of drug-likeness (QED) is 0.629. The highest BCUT2D eigenvalue weighted by atomic mass is 19.2. The third kappa shape index (κ3) is 3.97. The minimum Gasteiger partial charge on any atom is -0.347 e. The van der Waals surface area contributed by atoms with Crippen molar-refractivity contribution >= 4 is 35.0 Å². The van der Waals surface area contributed by atoms with Gasteiger partial charge < -0.3 is 15.5 Å². The van der Waals surface area contributed by atoms with Crippen LogP contribution < -0.4 is 15.5 Å². The number of hydrogen-bond acceptors (Lipinski definition) is 4. The molecule has 0 bridgehead atoms. The molecule has 2 heterocycles. The normalized spacial score (nSPS) is 19.1. The number of para-hydroxylation sites is 1. The maximum absolute atomic E-state index is 13.7. The van der Waals surface area contributed by atoms with Gasteiger partial charge in [-0.2, -0.15) is 0 Å². The van der Waals surface area contributed by atoms with Crippen molar-refractivity contribution in [2.45, 2.75) is 31.8 Å². The minimum absolute atomic E-state index is 0.00129. The number of rotatable bonds is 6. The zero-order chi connectivity index (χ0) is 24.6. The van der Waals surface area contributed by atoms with Crippen LogP contribution in [0.25, 0.3) is 0 Å². The monoisotopic (exact) mass is 474 g/mol.